The van der Waals surface area contributed by atoms with Gasteiger partial charge < -0.3 is 14.2 Å². The van der Waals surface area contributed by atoms with E-state index in [1.165, 1.54) is 43.3 Å². The van der Waals surface area contributed by atoms with E-state index in [0.29, 0.717) is 0 Å². The Morgan fingerprint density at radius 2 is 1.43 bits per heavy atom. The molecule has 0 atom stereocenters. The first-order valence-corrected chi connectivity index (χ1v) is 10.1. The lowest BCUT2D eigenvalue weighted by Gasteiger charge is -2.10. The molecule has 0 spiro atoms. The SMILES string of the molecule is C=CC(=O)O/C=C\Oc1ccc(-c2ccc(-c3ccc(OC(=O)C(=C)C)c(F)c3)c(F)c2)c(F)c1. The van der Waals surface area contributed by atoms with Crippen molar-refractivity contribution < 1.29 is 37.0 Å². The Balaban J connectivity index is 1.78. The normalized spacial score (nSPS) is 10.6. The second-order valence-corrected chi connectivity index (χ2v) is 7.18. The number of ether oxygens (including phenoxy) is 3. The molecule has 0 aromatic heterocycles. The number of halogens is 3. The van der Waals surface area contributed by atoms with Crippen LogP contribution in [0.5, 0.6) is 11.5 Å². The Morgan fingerprint density at radius 1 is 0.829 bits per heavy atom. The molecule has 0 saturated heterocycles. The first-order chi connectivity index (χ1) is 16.7. The third kappa shape index (κ3) is 6.26. The molecule has 3 aromatic rings. The smallest absolute Gasteiger partial charge is 0.338 e. The molecule has 0 saturated carbocycles. The summed E-state index contributed by atoms with van der Waals surface area (Å²) in [6, 6.07) is 11.6. The molecule has 0 bridgehead atoms. The van der Waals surface area contributed by atoms with Gasteiger partial charge in [0.1, 0.15) is 29.9 Å². The predicted octanol–water partition coefficient (Wildman–Crippen LogP) is 6.50. The lowest BCUT2D eigenvalue weighted by molar-refractivity contribution is -0.132. The van der Waals surface area contributed by atoms with Gasteiger partial charge in [-0.3, -0.25) is 0 Å². The zero-order valence-corrected chi connectivity index (χ0v) is 18.5. The van der Waals surface area contributed by atoms with Crippen LogP contribution in [0.4, 0.5) is 13.2 Å². The van der Waals surface area contributed by atoms with Crippen molar-refractivity contribution in [2.45, 2.75) is 6.92 Å². The zero-order valence-electron chi connectivity index (χ0n) is 18.5. The maximum Gasteiger partial charge on any atom is 0.338 e. The van der Waals surface area contributed by atoms with Gasteiger partial charge in [-0.2, -0.15) is 0 Å². The molecule has 0 unspecified atom stereocenters. The van der Waals surface area contributed by atoms with Gasteiger partial charge in [-0.25, -0.2) is 22.8 Å². The van der Waals surface area contributed by atoms with Crippen molar-refractivity contribution in [2.24, 2.45) is 0 Å². The molecular weight excluding hydrogens is 461 g/mol. The summed E-state index contributed by atoms with van der Waals surface area (Å²) in [7, 11) is 0. The highest BCUT2D eigenvalue weighted by atomic mass is 19.1. The summed E-state index contributed by atoms with van der Waals surface area (Å²) < 4.78 is 58.5. The standard InChI is InChI=1S/C27H19F3O5/c1-4-26(31)34-12-11-33-19-7-9-21(23(29)15-19)17-5-8-20(22(28)13-17)18-6-10-25(24(30)14-18)35-27(32)16(2)3/h4-15H,1-2H2,3H3/b12-11-. The van der Waals surface area contributed by atoms with E-state index in [1.54, 1.807) is 0 Å². The van der Waals surface area contributed by atoms with Crippen LogP contribution in [0.25, 0.3) is 22.3 Å². The minimum absolute atomic E-state index is 0.0741. The van der Waals surface area contributed by atoms with E-state index in [4.69, 9.17) is 9.47 Å². The number of rotatable bonds is 8. The van der Waals surface area contributed by atoms with Crippen molar-refractivity contribution in [1.82, 2.24) is 0 Å². The van der Waals surface area contributed by atoms with Gasteiger partial charge in [-0.05, 0) is 48.4 Å². The van der Waals surface area contributed by atoms with E-state index in [-0.39, 0.29) is 39.3 Å². The average molecular weight is 480 g/mol. The molecule has 35 heavy (non-hydrogen) atoms. The Labute approximate surface area is 199 Å². The fourth-order valence-corrected chi connectivity index (χ4v) is 2.91. The van der Waals surface area contributed by atoms with Crippen LogP contribution in [-0.4, -0.2) is 11.9 Å². The number of hydrogen-bond acceptors (Lipinski definition) is 5. The van der Waals surface area contributed by atoms with Gasteiger partial charge in [-0.1, -0.05) is 31.4 Å². The maximum atomic E-state index is 14.9. The van der Waals surface area contributed by atoms with Crippen LogP contribution >= 0.6 is 0 Å². The van der Waals surface area contributed by atoms with Crippen molar-refractivity contribution in [3.05, 3.63) is 109 Å². The molecule has 0 fully saturated rings. The number of hydrogen-bond donors (Lipinski definition) is 0. The maximum absolute atomic E-state index is 14.9. The molecule has 3 aromatic carbocycles. The van der Waals surface area contributed by atoms with Crippen LogP contribution in [0.1, 0.15) is 6.92 Å². The molecule has 0 N–H and O–H groups in total. The summed E-state index contributed by atoms with van der Waals surface area (Å²) in [5.74, 6) is -3.88. The minimum Gasteiger partial charge on any atom is -0.462 e. The Kier molecular flexibility index (Phi) is 7.88. The third-order valence-corrected chi connectivity index (χ3v) is 4.63. The van der Waals surface area contributed by atoms with Crippen LogP contribution < -0.4 is 9.47 Å². The molecule has 0 amide bonds. The third-order valence-electron chi connectivity index (χ3n) is 4.63. The predicted molar refractivity (Wildman–Crippen MR) is 124 cm³/mol. The Bertz CT molecular complexity index is 1340. The molecule has 0 radical (unpaired) electrons. The van der Waals surface area contributed by atoms with Crippen LogP contribution in [0.3, 0.4) is 0 Å². The van der Waals surface area contributed by atoms with Crippen LogP contribution in [0.2, 0.25) is 0 Å². The molecule has 178 valence electrons. The van der Waals surface area contributed by atoms with Gasteiger partial charge >= 0.3 is 11.9 Å². The lowest BCUT2D eigenvalue weighted by atomic mass is 9.99. The topological polar surface area (TPSA) is 61.8 Å². The van der Waals surface area contributed by atoms with E-state index in [0.717, 1.165) is 36.8 Å². The summed E-state index contributed by atoms with van der Waals surface area (Å²) in [6.45, 7) is 8.09. The summed E-state index contributed by atoms with van der Waals surface area (Å²) in [5, 5.41) is 0. The van der Waals surface area contributed by atoms with Crippen molar-refractivity contribution in [2.75, 3.05) is 0 Å². The molecule has 0 aliphatic carbocycles. The van der Waals surface area contributed by atoms with Crippen molar-refractivity contribution in [3.63, 3.8) is 0 Å². The average Bonchev–Trinajstić information content (AvgIpc) is 2.82. The summed E-state index contributed by atoms with van der Waals surface area (Å²) in [5.41, 5.74) is 0.739. The fraction of sp³-hybridized carbons (Fsp3) is 0.0370. The summed E-state index contributed by atoms with van der Waals surface area (Å²) in [6.07, 6.45) is 2.99. The van der Waals surface area contributed by atoms with Crippen LogP contribution in [-0.2, 0) is 14.3 Å². The van der Waals surface area contributed by atoms with Gasteiger partial charge in [0.2, 0.25) is 0 Å². The quantitative estimate of drug-likeness (QED) is 0.159. The summed E-state index contributed by atoms with van der Waals surface area (Å²) >= 11 is 0. The van der Waals surface area contributed by atoms with Crippen molar-refractivity contribution in [1.29, 1.82) is 0 Å². The lowest BCUT2D eigenvalue weighted by Crippen LogP contribution is -2.09. The van der Waals surface area contributed by atoms with Crippen LogP contribution in [0.15, 0.2) is 91.9 Å². The molecule has 0 aliphatic rings. The van der Waals surface area contributed by atoms with Crippen molar-refractivity contribution in [3.8, 4) is 33.8 Å². The van der Waals surface area contributed by atoms with E-state index < -0.39 is 29.4 Å². The van der Waals surface area contributed by atoms with Gasteiger partial charge in [0, 0.05) is 28.8 Å². The number of esters is 2. The highest BCUT2D eigenvalue weighted by Crippen LogP contribution is 2.32. The largest absolute Gasteiger partial charge is 0.462 e. The molecule has 3 rings (SSSR count). The first-order valence-electron chi connectivity index (χ1n) is 10.1. The fourth-order valence-electron chi connectivity index (χ4n) is 2.91. The van der Waals surface area contributed by atoms with E-state index >= 15 is 0 Å². The van der Waals surface area contributed by atoms with Gasteiger partial charge in [0.25, 0.3) is 0 Å². The second-order valence-electron chi connectivity index (χ2n) is 7.18. The molecular formula is C27H19F3O5. The monoisotopic (exact) mass is 480 g/mol. The Hall–Kier alpha value is -4.59. The molecule has 8 heteroatoms. The van der Waals surface area contributed by atoms with Gasteiger partial charge in [0.15, 0.2) is 11.6 Å². The second kappa shape index (κ2) is 11.0. The minimum atomic E-state index is -0.851. The Morgan fingerprint density at radius 3 is 2.00 bits per heavy atom. The van der Waals surface area contributed by atoms with E-state index in [1.807, 2.05) is 0 Å². The highest BCUT2D eigenvalue weighted by molar-refractivity contribution is 5.89. The van der Waals surface area contributed by atoms with Crippen LogP contribution in [0, 0.1) is 17.5 Å². The zero-order chi connectivity index (χ0) is 25.5. The molecule has 0 aliphatic heterocycles. The van der Waals surface area contributed by atoms with Gasteiger partial charge in [-0.15, -0.1) is 0 Å². The van der Waals surface area contributed by atoms with E-state index in [2.05, 4.69) is 17.9 Å². The number of carbonyl (C=O) groups is 2. The van der Waals surface area contributed by atoms with Crippen molar-refractivity contribution >= 4 is 11.9 Å². The molecule has 0 heterocycles. The highest BCUT2D eigenvalue weighted by Gasteiger charge is 2.15. The molecule has 5 nitrogen and oxygen atoms in total. The van der Waals surface area contributed by atoms with Gasteiger partial charge in [0.05, 0.1) is 0 Å². The first kappa shape index (κ1) is 25.0. The number of benzene rings is 3. The number of carbonyl (C=O) groups excluding carboxylic acids is 2. The van der Waals surface area contributed by atoms with E-state index in [9.17, 15) is 22.8 Å². The summed E-state index contributed by atoms with van der Waals surface area (Å²) in [4.78, 5) is 22.5.